The first-order valence-corrected chi connectivity index (χ1v) is 10.6. The molecule has 7 heteroatoms. The first-order chi connectivity index (χ1) is 12.9. The topological polar surface area (TPSA) is 54.4 Å². The van der Waals surface area contributed by atoms with E-state index in [1.165, 1.54) is 22.3 Å². The molecule has 0 saturated heterocycles. The fourth-order valence-electron chi connectivity index (χ4n) is 2.48. The molecule has 2 aromatic rings. The minimum atomic E-state index is -5.84. The van der Waals surface area contributed by atoms with Gasteiger partial charge in [0.1, 0.15) is 0 Å². The zero-order valence-electron chi connectivity index (χ0n) is 17.6. The second-order valence-electron chi connectivity index (χ2n) is 8.99. The monoisotopic (exact) mass is 430 g/mol. The predicted octanol–water partition coefficient (Wildman–Crippen LogP) is 6.27. The SMILES string of the molecule is CC(C)(C)c1ccc(Cc2ccc(C(C)(C)C)cc2)cc1.O=S(=O)(O)C(F)(F)F. The molecule has 0 radical (unpaired) electrons. The Hall–Kier alpha value is -1.86. The van der Waals surface area contributed by atoms with Crippen LogP contribution < -0.4 is 0 Å². The Balaban J connectivity index is 0.000000447. The Morgan fingerprint density at radius 3 is 1.10 bits per heavy atom. The molecule has 0 aliphatic rings. The fraction of sp³-hybridized carbons (Fsp3) is 0.455. The van der Waals surface area contributed by atoms with Crippen molar-refractivity contribution >= 4 is 10.1 Å². The third kappa shape index (κ3) is 8.19. The van der Waals surface area contributed by atoms with Crippen LogP contribution in [0.2, 0.25) is 0 Å². The number of alkyl halides is 3. The van der Waals surface area contributed by atoms with Crippen LogP contribution in [0.25, 0.3) is 0 Å². The van der Waals surface area contributed by atoms with E-state index in [1.807, 2.05) is 0 Å². The lowest BCUT2D eigenvalue weighted by atomic mass is 9.85. The Kier molecular flexibility index (Phi) is 7.71. The van der Waals surface area contributed by atoms with Crippen LogP contribution in [0.5, 0.6) is 0 Å². The summed E-state index contributed by atoms with van der Waals surface area (Å²) in [5, 5.41) is 0. The van der Waals surface area contributed by atoms with Crippen LogP contribution in [-0.4, -0.2) is 18.5 Å². The molecule has 0 amide bonds. The zero-order chi connectivity index (χ0) is 22.7. The molecule has 2 rings (SSSR count). The highest BCUT2D eigenvalue weighted by atomic mass is 32.2. The number of benzene rings is 2. The normalized spacial score (nSPS) is 12.9. The predicted molar refractivity (Wildman–Crippen MR) is 111 cm³/mol. The average Bonchev–Trinajstić information content (AvgIpc) is 2.53. The van der Waals surface area contributed by atoms with E-state index < -0.39 is 15.6 Å². The van der Waals surface area contributed by atoms with Gasteiger partial charge in [-0.3, -0.25) is 4.55 Å². The average molecular weight is 431 g/mol. The molecule has 0 aromatic heterocycles. The van der Waals surface area contributed by atoms with Crippen molar-refractivity contribution in [2.24, 2.45) is 0 Å². The van der Waals surface area contributed by atoms with Crippen LogP contribution in [0, 0.1) is 0 Å². The summed E-state index contributed by atoms with van der Waals surface area (Å²) in [6, 6.07) is 18.1. The molecule has 0 atom stereocenters. The van der Waals surface area contributed by atoms with Crippen LogP contribution in [-0.2, 0) is 27.4 Å². The first-order valence-electron chi connectivity index (χ1n) is 9.14. The number of rotatable bonds is 2. The summed E-state index contributed by atoms with van der Waals surface area (Å²) in [7, 11) is -5.84. The number of hydrogen-bond donors (Lipinski definition) is 1. The lowest BCUT2D eigenvalue weighted by Crippen LogP contribution is -2.21. The summed E-state index contributed by atoms with van der Waals surface area (Å²) in [5.41, 5.74) is 0.480. The summed E-state index contributed by atoms with van der Waals surface area (Å²) in [5.74, 6) is 0. The lowest BCUT2D eigenvalue weighted by Gasteiger charge is -2.20. The van der Waals surface area contributed by atoms with E-state index in [0.717, 1.165) is 6.42 Å². The van der Waals surface area contributed by atoms with E-state index >= 15 is 0 Å². The maximum atomic E-state index is 10.7. The van der Waals surface area contributed by atoms with Crippen molar-refractivity contribution in [3.63, 3.8) is 0 Å². The largest absolute Gasteiger partial charge is 0.522 e. The van der Waals surface area contributed by atoms with E-state index in [4.69, 9.17) is 13.0 Å². The summed E-state index contributed by atoms with van der Waals surface area (Å²) in [6.45, 7) is 13.5. The van der Waals surface area contributed by atoms with Crippen molar-refractivity contribution in [1.29, 1.82) is 0 Å². The van der Waals surface area contributed by atoms with Gasteiger partial charge in [-0.25, -0.2) is 0 Å². The molecule has 0 bridgehead atoms. The summed E-state index contributed by atoms with van der Waals surface area (Å²) in [6.07, 6.45) is 1.01. The zero-order valence-corrected chi connectivity index (χ0v) is 18.4. The molecule has 0 fully saturated rings. The van der Waals surface area contributed by atoms with Crippen molar-refractivity contribution < 1.29 is 26.1 Å². The molecule has 0 saturated carbocycles. The van der Waals surface area contributed by atoms with Gasteiger partial charge in [0.25, 0.3) is 0 Å². The number of hydrogen-bond acceptors (Lipinski definition) is 2. The van der Waals surface area contributed by atoms with E-state index in [0.29, 0.717) is 0 Å². The molecule has 0 unspecified atom stereocenters. The van der Waals surface area contributed by atoms with Gasteiger partial charge in [-0.05, 0) is 39.5 Å². The van der Waals surface area contributed by atoms with Crippen LogP contribution in [0.15, 0.2) is 48.5 Å². The second-order valence-corrected chi connectivity index (χ2v) is 10.4. The smallest absolute Gasteiger partial charge is 0.279 e. The Morgan fingerprint density at radius 1 is 0.690 bits per heavy atom. The molecule has 2 aromatic carbocycles. The maximum absolute atomic E-state index is 10.7. The van der Waals surface area contributed by atoms with E-state index in [1.54, 1.807) is 0 Å². The highest BCUT2D eigenvalue weighted by Gasteiger charge is 2.44. The van der Waals surface area contributed by atoms with Crippen molar-refractivity contribution in [3.8, 4) is 0 Å². The van der Waals surface area contributed by atoms with Gasteiger partial charge in [-0.1, -0.05) is 90.1 Å². The molecule has 0 aliphatic carbocycles. The quantitative estimate of drug-likeness (QED) is 0.451. The summed E-state index contributed by atoms with van der Waals surface area (Å²) < 4.78 is 57.5. The highest BCUT2D eigenvalue weighted by molar-refractivity contribution is 7.86. The number of halogens is 3. The third-order valence-corrected chi connectivity index (χ3v) is 4.93. The van der Waals surface area contributed by atoms with Gasteiger partial charge in [0.15, 0.2) is 0 Å². The lowest BCUT2D eigenvalue weighted by molar-refractivity contribution is -0.0510. The molecule has 3 nitrogen and oxygen atoms in total. The van der Waals surface area contributed by atoms with E-state index in [9.17, 15) is 13.2 Å². The van der Waals surface area contributed by atoms with Gasteiger partial charge in [-0.2, -0.15) is 21.6 Å². The third-order valence-electron chi connectivity index (χ3n) is 4.34. The minimum absolute atomic E-state index is 0.229. The molecule has 162 valence electrons. The minimum Gasteiger partial charge on any atom is -0.279 e. The van der Waals surface area contributed by atoms with E-state index in [-0.39, 0.29) is 10.8 Å². The van der Waals surface area contributed by atoms with Crippen LogP contribution >= 0.6 is 0 Å². The van der Waals surface area contributed by atoms with Gasteiger partial charge in [0, 0.05) is 0 Å². The van der Waals surface area contributed by atoms with Crippen molar-refractivity contribution in [2.75, 3.05) is 0 Å². The van der Waals surface area contributed by atoms with Gasteiger partial charge >= 0.3 is 15.6 Å². The van der Waals surface area contributed by atoms with Gasteiger partial charge in [-0.15, -0.1) is 0 Å². The maximum Gasteiger partial charge on any atom is 0.522 e. The molecular weight excluding hydrogens is 401 g/mol. The van der Waals surface area contributed by atoms with E-state index in [2.05, 4.69) is 90.1 Å². The van der Waals surface area contributed by atoms with Crippen LogP contribution in [0.4, 0.5) is 13.2 Å². The Morgan fingerprint density at radius 2 is 0.931 bits per heavy atom. The highest BCUT2D eigenvalue weighted by Crippen LogP contribution is 2.25. The molecular formula is C22H29F3O3S. The van der Waals surface area contributed by atoms with Gasteiger partial charge in [0.2, 0.25) is 0 Å². The summed E-state index contributed by atoms with van der Waals surface area (Å²) >= 11 is 0. The fourth-order valence-corrected chi connectivity index (χ4v) is 2.48. The summed E-state index contributed by atoms with van der Waals surface area (Å²) in [4.78, 5) is 0. The standard InChI is InChI=1S/C21H28.CHF3O3S/c1-20(2,3)18-11-7-16(8-12-18)15-17-9-13-19(14-10-17)21(4,5)6;2-1(3,4)8(5,6)7/h7-14H,15H2,1-6H3;(H,5,6,7). The second kappa shape index (κ2) is 8.88. The molecule has 29 heavy (non-hydrogen) atoms. The molecule has 0 spiro atoms. The Bertz CT molecular complexity index is 829. The van der Waals surface area contributed by atoms with Crippen molar-refractivity contribution in [1.82, 2.24) is 0 Å². The molecule has 0 heterocycles. The first kappa shape index (κ1) is 25.2. The van der Waals surface area contributed by atoms with Crippen molar-refractivity contribution in [2.45, 2.75) is 64.3 Å². The van der Waals surface area contributed by atoms with Gasteiger partial charge < -0.3 is 0 Å². The Labute approximate surface area is 171 Å². The molecule has 0 aliphatic heterocycles. The van der Waals surface area contributed by atoms with Crippen LogP contribution in [0.1, 0.15) is 63.8 Å². The molecule has 1 N–H and O–H groups in total. The van der Waals surface area contributed by atoms with Crippen LogP contribution in [0.3, 0.4) is 0 Å². The van der Waals surface area contributed by atoms with Crippen molar-refractivity contribution in [3.05, 3.63) is 70.8 Å². The van der Waals surface area contributed by atoms with Gasteiger partial charge in [0.05, 0.1) is 0 Å².